The van der Waals surface area contributed by atoms with Crippen molar-refractivity contribution >= 4 is 10.0 Å². The van der Waals surface area contributed by atoms with Gasteiger partial charge in [-0.1, -0.05) is 52.7 Å². The Hall–Kier alpha value is -0.870. The second-order valence-electron chi connectivity index (χ2n) is 6.57. The molecule has 0 amide bonds. The first-order valence-corrected chi connectivity index (χ1v) is 9.33. The van der Waals surface area contributed by atoms with Crippen molar-refractivity contribution in [2.75, 3.05) is 0 Å². The molecule has 0 aliphatic heterocycles. The maximum atomic E-state index is 12.3. The summed E-state index contributed by atoms with van der Waals surface area (Å²) in [7, 11) is -3.40. The van der Waals surface area contributed by atoms with Gasteiger partial charge in [0.25, 0.3) is 0 Å². The number of nitrogens with one attached hydrogen (secondary N) is 1. The standard InChI is InChI=1S/C17H29NO2S/c1-13(2)7-6-8-15(5)18-21(19,20)17-11-9-16(10-12-17)14(3)4/h9-15,18H,6-8H2,1-5H3. The van der Waals surface area contributed by atoms with E-state index in [-0.39, 0.29) is 6.04 Å². The highest BCUT2D eigenvalue weighted by atomic mass is 32.2. The van der Waals surface area contributed by atoms with Crippen LogP contribution in [0.2, 0.25) is 0 Å². The molecule has 0 saturated carbocycles. The lowest BCUT2D eigenvalue weighted by molar-refractivity contribution is 0.488. The zero-order valence-electron chi connectivity index (χ0n) is 13.9. The number of hydrogen-bond donors (Lipinski definition) is 1. The van der Waals surface area contributed by atoms with Gasteiger partial charge in [-0.2, -0.15) is 0 Å². The first-order chi connectivity index (χ1) is 9.72. The number of hydrogen-bond acceptors (Lipinski definition) is 2. The molecular formula is C17H29NO2S. The van der Waals surface area contributed by atoms with Crippen molar-refractivity contribution in [2.45, 2.75) is 70.7 Å². The number of rotatable bonds is 8. The monoisotopic (exact) mass is 311 g/mol. The summed E-state index contributed by atoms with van der Waals surface area (Å²) in [6.07, 6.45) is 3.06. The fraction of sp³-hybridized carbons (Fsp3) is 0.647. The topological polar surface area (TPSA) is 46.2 Å². The van der Waals surface area contributed by atoms with Crippen molar-refractivity contribution in [1.29, 1.82) is 0 Å². The molecule has 0 heterocycles. The third kappa shape index (κ3) is 6.18. The quantitative estimate of drug-likeness (QED) is 0.778. The molecule has 0 fully saturated rings. The van der Waals surface area contributed by atoms with Gasteiger partial charge in [0.15, 0.2) is 0 Å². The Kier molecular flexibility index (Phi) is 6.88. The summed E-state index contributed by atoms with van der Waals surface area (Å²) in [6, 6.07) is 7.14. The summed E-state index contributed by atoms with van der Waals surface area (Å²) >= 11 is 0. The van der Waals surface area contributed by atoms with Gasteiger partial charge < -0.3 is 0 Å². The average Bonchev–Trinajstić information content (AvgIpc) is 2.37. The van der Waals surface area contributed by atoms with Gasteiger partial charge in [-0.15, -0.1) is 0 Å². The van der Waals surface area contributed by atoms with Crippen LogP contribution in [-0.4, -0.2) is 14.5 Å². The van der Waals surface area contributed by atoms with Crippen molar-refractivity contribution in [3.05, 3.63) is 29.8 Å². The van der Waals surface area contributed by atoms with Crippen LogP contribution in [0.3, 0.4) is 0 Å². The third-order valence-electron chi connectivity index (χ3n) is 3.63. The van der Waals surface area contributed by atoms with Crippen molar-refractivity contribution in [2.24, 2.45) is 5.92 Å². The molecule has 1 unspecified atom stereocenters. The summed E-state index contributed by atoms with van der Waals surface area (Å²) in [6.45, 7) is 10.5. The van der Waals surface area contributed by atoms with Crippen LogP contribution in [0.25, 0.3) is 0 Å². The van der Waals surface area contributed by atoms with E-state index in [1.807, 2.05) is 19.1 Å². The van der Waals surface area contributed by atoms with Crippen LogP contribution in [0.5, 0.6) is 0 Å². The molecule has 0 aliphatic rings. The molecule has 0 aromatic heterocycles. The maximum Gasteiger partial charge on any atom is 0.240 e. The molecular weight excluding hydrogens is 282 g/mol. The van der Waals surface area contributed by atoms with Gasteiger partial charge in [-0.05, 0) is 42.9 Å². The lowest BCUT2D eigenvalue weighted by Gasteiger charge is -2.15. The van der Waals surface area contributed by atoms with Gasteiger partial charge in [0.2, 0.25) is 10.0 Å². The summed E-state index contributed by atoms with van der Waals surface area (Å²) in [5, 5.41) is 0. The van der Waals surface area contributed by atoms with E-state index in [0.29, 0.717) is 16.7 Å². The van der Waals surface area contributed by atoms with Crippen LogP contribution in [-0.2, 0) is 10.0 Å². The molecule has 4 heteroatoms. The lowest BCUT2D eigenvalue weighted by Crippen LogP contribution is -2.32. The molecule has 21 heavy (non-hydrogen) atoms. The van der Waals surface area contributed by atoms with Crippen LogP contribution in [0, 0.1) is 5.92 Å². The van der Waals surface area contributed by atoms with Crippen LogP contribution in [0.15, 0.2) is 29.2 Å². The van der Waals surface area contributed by atoms with E-state index < -0.39 is 10.0 Å². The maximum absolute atomic E-state index is 12.3. The fourth-order valence-corrected chi connectivity index (χ4v) is 3.53. The highest BCUT2D eigenvalue weighted by Gasteiger charge is 2.17. The van der Waals surface area contributed by atoms with Gasteiger partial charge in [0, 0.05) is 6.04 Å². The molecule has 3 nitrogen and oxygen atoms in total. The Morgan fingerprint density at radius 2 is 1.52 bits per heavy atom. The molecule has 1 N–H and O–H groups in total. The van der Waals surface area contributed by atoms with Gasteiger partial charge in [-0.3, -0.25) is 0 Å². The fourth-order valence-electron chi connectivity index (χ4n) is 2.26. The van der Waals surface area contributed by atoms with Crippen molar-refractivity contribution in [3.63, 3.8) is 0 Å². The second-order valence-corrected chi connectivity index (χ2v) is 8.28. The van der Waals surface area contributed by atoms with Gasteiger partial charge in [-0.25, -0.2) is 13.1 Å². The van der Waals surface area contributed by atoms with E-state index in [9.17, 15) is 8.42 Å². The highest BCUT2D eigenvalue weighted by molar-refractivity contribution is 7.89. The smallest absolute Gasteiger partial charge is 0.208 e. The number of benzene rings is 1. The van der Waals surface area contributed by atoms with Crippen molar-refractivity contribution in [1.82, 2.24) is 4.72 Å². The van der Waals surface area contributed by atoms with Gasteiger partial charge in [0.05, 0.1) is 4.90 Å². The highest BCUT2D eigenvalue weighted by Crippen LogP contribution is 2.18. The summed E-state index contributed by atoms with van der Waals surface area (Å²) in [5.74, 6) is 1.07. The van der Waals surface area contributed by atoms with Crippen LogP contribution in [0.4, 0.5) is 0 Å². The van der Waals surface area contributed by atoms with E-state index in [1.165, 1.54) is 0 Å². The first-order valence-electron chi connectivity index (χ1n) is 7.84. The van der Waals surface area contributed by atoms with Crippen molar-refractivity contribution in [3.8, 4) is 0 Å². The number of sulfonamides is 1. The van der Waals surface area contributed by atoms with E-state index in [2.05, 4.69) is 32.4 Å². The molecule has 0 aliphatic carbocycles. The Morgan fingerprint density at radius 1 is 0.952 bits per heavy atom. The molecule has 120 valence electrons. The predicted octanol–water partition coefficient (Wildman–Crippen LogP) is 4.30. The summed E-state index contributed by atoms with van der Waals surface area (Å²) in [5.41, 5.74) is 1.15. The zero-order valence-corrected chi connectivity index (χ0v) is 14.7. The minimum Gasteiger partial charge on any atom is -0.208 e. The normalized spacial score (nSPS) is 13.9. The Balaban J connectivity index is 2.64. The molecule has 1 rings (SSSR count). The molecule has 1 aromatic carbocycles. The van der Waals surface area contributed by atoms with Gasteiger partial charge >= 0.3 is 0 Å². The van der Waals surface area contributed by atoms with Crippen LogP contribution >= 0.6 is 0 Å². The average molecular weight is 311 g/mol. The summed E-state index contributed by atoms with van der Waals surface area (Å²) < 4.78 is 27.4. The molecule has 0 saturated heterocycles. The molecule has 0 bridgehead atoms. The molecule has 1 aromatic rings. The van der Waals surface area contributed by atoms with Crippen LogP contribution < -0.4 is 4.72 Å². The van der Waals surface area contributed by atoms with E-state index in [0.717, 1.165) is 24.8 Å². The van der Waals surface area contributed by atoms with E-state index in [1.54, 1.807) is 12.1 Å². The third-order valence-corrected chi connectivity index (χ3v) is 5.24. The zero-order chi connectivity index (χ0) is 16.0. The predicted molar refractivity (Wildman–Crippen MR) is 89.0 cm³/mol. The lowest BCUT2D eigenvalue weighted by atomic mass is 10.0. The molecule has 0 radical (unpaired) electrons. The van der Waals surface area contributed by atoms with Crippen molar-refractivity contribution < 1.29 is 8.42 Å². The minimum atomic E-state index is -3.40. The molecule has 0 spiro atoms. The van der Waals surface area contributed by atoms with E-state index in [4.69, 9.17) is 0 Å². The summed E-state index contributed by atoms with van der Waals surface area (Å²) in [4.78, 5) is 0.350. The van der Waals surface area contributed by atoms with Gasteiger partial charge in [0.1, 0.15) is 0 Å². The van der Waals surface area contributed by atoms with Crippen LogP contribution in [0.1, 0.15) is 65.4 Å². The first kappa shape index (κ1) is 18.2. The Bertz CT molecular complexity index is 518. The second kappa shape index (κ2) is 7.95. The Labute approximate surface area is 130 Å². The largest absolute Gasteiger partial charge is 0.240 e. The Morgan fingerprint density at radius 3 is 2.00 bits per heavy atom. The molecule has 1 atom stereocenters. The minimum absolute atomic E-state index is 0.0291. The van der Waals surface area contributed by atoms with E-state index >= 15 is 0 Å². The SMILES string of the molecule is CC(C)CCCC(C)NS(=O)(=O)c1ccc(C(C)C)cc1.